The van der Waals surface area contributed by atoms with Gasteiger partial charge in [0, 0.05) is 11.3 Å². The van der Waals surface area contributed by atoms with Crippen LogP contribution >= 0.6 is 0 Å². The number of methoxy groups -OCH3 is 1. The number of carbonyl (C=O) groups excluding carboxylic acids is 1. The number of anilines is 1. The van der Waals surface area contributed by atoms with E-state index in [0.717, 1.165) is 0 Å². The minimum absolute atomic E-state index is 0.00600. The molecule has 3 aromatic rings. The van der Waals surface area contributed by atoms with Crippen LogP contribution in [0, 0.1) is 0 Å². The molecule has 0 aliphatic carbocycles. The van der Waals surface area contributed by atoms with Crippen LogP contribution < -0.4 is 14.8 Å². The van der Waals surface area contributed by atoms with Gasteiger partial charge in [0.1, 0.15) is 17.8 Å². The highest BCUT2D eigenvalue weighted by atomic mass is 19.3. The van der Waals surface area contributed by atoms with Crippen molar-refractivity contribution >= 4 is 11.6 Å². The summed E-state index contributed by atoms with van der Waals surface area (Å²) in [6.45, 7) is -2.96. The second-order valence-electron chi connectivity index (χ2n) is 5.28. The van der Waals surface area contributed by atoms with Crippen LogP contribution in [0.2, 0.25) is 0 Å². The van der Waals surface area contributed by atoms with Crippen molar-refractivity contribution in [1.82, 2.24) is 0 Å². The Morgan fingerprint density at radius 2 is 1.88 bits per heavy atom. The van der Waals surface area contributed by atoms with Gasteiger partial charge in [-0.25, -0.2) is 0 Å². The van der Waals surface area contributed by atoms with Crippen molar-refractivity contribution in [3.63, 3.8) is 0 Å². The van der Waals surface area contributed by atoms with Gasteiger partial charge in [-0.2, -0.15) is 8.78 Å². The normalized spacial score (nSPS) is 10.6. The Labute approximate surface area is 148 Å². The molecule has 5 nitrogen and oxygen atoms in total. The van der Waals surface area contributed by atoms with Gasteiger partial charge in [-0.1, -0.05) is 12.1 Å². The number of nitrogens with one attached hydrogen (secondary N) is 1. The van der Waals surface area contributed by atoms with Crippen LogP contribution in [0.5, 0.6) is 11.5 Å². The summed E-state index contributed by atoms with van der Waals surface area (Å²) in [4.78, 5) is 12.1. The molecule has 0 fully saturated rings. The first kappa shape index (κ1) is 17.5. The monoisotopic (exact) mass is 359 g/mol. The molecule has 2 aromatic carbocycles. The van der Waals surface area contributed by atoms with Crippen LogP contribution in [-0.2, 0) is 0 Å². The first-order chi connectivity index (χ1) is 12.6. The fraction of sp³-hybridized carbons (Fsp3) is 0.105. The van der Waals surface area contributed by atoms with Gasteiger partial charge in [-0.05, 0) is 42.0 Å². The molecule has 0 unspecified atom stereocenters. The zero-order chi connectivity index (χ0) is 18.5. The highest BCUT2D eigenvalue weighted by Gasteiger charge is 2.14. The second-order valence-corrected chi connectivity index (χ2v) is 5.28. The second kappa shape index (κ2) is 7.69. The van der Waals surface area contributed by atoms with Gasteiger partial charge >= 0.3 is 6.61 Å². The smallest absolute Gasteiger partial charge is 0.387 e. The third-order valence-corrected chi connectivity index (χ3v) is 3.64. The summed E-state index contributed by atoms with van der Waals surface area (Å²) >= 11 is 0. The third-order valence-electron chi connectivity index (χ3n) is 3.64. The van der Waals surface area contributed by atoms with Crippen LogP contribution in [0.1, 0.15) is 10.4 Å². The Morgan fingerprint density at radius 1 is 1.12 bits per heavy atom. The first-order valence-electron chi connectivity index (χ1n) is 7.63. The average Bonchev–Trinajstić information content (AvgIpc) is 3.17. The molecule has 0 spiro atoms. The SMILES string of the molecule is COc1ccc(-c2cc(NC(=O)c3ccoc3)ccc2OC(F)F)cc1. The summed E-state index contributed by atoms with van der Waals surface area (Å²) in [6, 6.07) is 12.8. The Hall–Kier alpha value is -3.35. The van der Waals surface area contributed by atoms with Gasteiger partial charge in [0.2, 0.25) is 0 Å². The maximum absolute atomic E-state index is 12.7. The van der Waals surface area contributed by atoms with Gasteiger partial charge in [0.25, 0.3) is 5.91 Å². The molecule has 0 aliphatic rings. The molecule has 134 valence electrons. The van der Waals surface area contributed by atoms with E-state index in [9.17, 15) is 13.6 Å². The summed E-state index contributed by atoms with van der Waals surface area (Å²) < 4.78 is 40.0. The van der Waals surface area contributed by atoms with E-state index in [2.05, 4.69) is 10.1 Å². The van der Waals surface area contributed by atoms with Crippen molar-refractivity contribution in [3.05, 3.63) is 66.6 Å². The summed E-state index contributed by atoms with van der Waals surface area (Å²) in [5, 5.41) is 2.69. The van der Waals surface area contributed by atoms with Gasteiger partial charge in [-0.15, -0.1) is 0 Å². The highest BCUT2D eigenvalue weighted by Crippen LogP contribution is 2.34. The molecule has 0 atom stereocenters. The van der Waals surface area contributed by atoms with Crippen molar-refractivity contribution in [2.75, 3.05) is 12.4 Å². The van der Waals surface area contributed by atoms with Crippen molar-refractivity contribution in [3.8, 4) is 22.6 Å². The lowest BCUT2D eigenvalue weighted by molar-refractivity contribution is -0.0494. The largest absolute Gasteiger partial charge is 0.497 e. The molecule has 7 heteroatoms. The van der Waals surface area contributed by atoms with E-state index < -0.39 is 6.61 Å². The van der Waals surface area contributed by atoms with Gasteiger partial charge in [-0.3, -0.25) is 4.79 Å². The van der Waals surface area contributed by atoms with E-state index in [1.807, 2.05) is 0 Å². The molecule has 1 N–H and O–H groups in total. The maximum atomic E-state index is 12.7. The average molecular weight is 359 g/mol. The predicted octanol–water partition coefficient (Wildman–Crippen LogP) is 4.81. The maximum Gasteiger partial charge on any atom is 0.387 e. The fourth-order valence-corrected chi connectivity index (χ4v) is 2.40. The van der Waals surface area contributed by atoms with E-state index in [-0.39, 0.29) is 11.7 Å². The van der Waals surface area contributed by atoms with Crippen molar-refractivity contribution in [2.45, 2.75) is 6.61 Å². The molecule has 1 aromatic heterocycles. The molecular formula is C19H15F2NO4. The van der Waals surface area contributed by atoms with Gasteiger partial charge in [0.05, 0.1) is 18.9 Å². The highest BCUT2D eigenvalue weighted by molar-refractivity contribution is 6.04. The van der Waals surface area contributed by atoms with E-state index >= 15 is 0 Å². The van der Waals surface area contributed by atoms with E-state index in [4.69, 9.17) is 9.15 Å². The molecule has 3 rings (SSSR count). The Balaban J connectivity index is 1.94. The van der Waals surface area contributed by atoms with E-state index in [1.54, 1.807) is 30.3 Å². The van der Waals surface area contributed by atoms with Crippen LogP contribution in [0.4, 0.5) is 14.5 Å². The molecule has 1 amide bonds. The third kappa shape index (κ3) is 4.00. The van der Waals surface area contributed by atoms with Crippen molar-refractivity contribution < 1.29 is 27.5 Å². The molecule has 0 aliphatic heterocycles. The number of alkyl halides is 2. The lowest BCUT2D eigenvalue weighted by atomic mass is 10.0. The Morgan fingerprint density at radius 3 is 2.50 bits per heavy atom. The topological polar surface area (TPSA) is 60.7 Å². The van der Waals surface area contributed by atoms with Crippen LogP contribution in [0.15, 0.2) is 65.5 Å². The molecule has 0 saturated heterocycles. The number of hydrogen-bond donors (Lipinski definition) is 1. The molecule has 0 saturated carbocycles. The predicted molar refractivity (Wildman–Crippen MR) is 91.7 cm³/mol. The standard InChI is InChI=1S/C19H15F2NO4/c1-24-15-5-2-12(3-6-15)16-10-14(4-7-17(16)26-19(20)21)22-18(23)13-8-9-25-11-13/h2-11,19H,1H3,(H,22,23). The minimum Gasteiger partial charge on any atom is -0.497 e. The number of halogens is 2. The van der Waals surface area contributed by atoms with E-state index in [0.29, 0.717) is 28.1 Å². The number of benzene rings is 2. The molecule has 26 heavy (non-hydrogen) atoms. The molecular weight excluding hydrogens is 344 g/mol. The van der Waals surface area contributed by atoms with Crippen LogP contribution in [0.25, 0.3) is 11.1 Å². The van der Waals surface area contributed by atoms with Gasteiger partial charge < -0.3 is 19.2 Å². The molecule has 0 bridgehead atoms. The van der Waals surface area contributed by atoms with Crippen molar-refractivity contribution in [1.29, 1.82) is 0 Å². The summed E-state index contributed by atoms with van der Waals surface area (Å²) in [5.74, 6) is 0.267. The Kier molecular flexibility index (Phi) is 5.17. The van der Waals surface area contributed by atoms with Crippen LogP contribution in [0.3, 0.4) is 0 Å². The quantitative estimate of drug-likeness (QED) is 0.686. The first-order valence-corrected chi connectivity index (χ1v) is 7.63. The lowest BCUT2D eigenvalue weighted by Gasteiger charge is -2.14. The number of carbonyl (C=O) groups is 1. The van der Waals surface area contributed by atoms with Gasteiger partial charge in [0.15, 0.2) is 0 Å². The van der Waals surface area contributed by atoms with E-state index in [1.165, 1.54) is 37.8 Å². The molecule has 0 radical (unpaired) electrons. The minimum atomic E-state index is -2.96. The summed E-state index contributed by atoms with van der Waals surface area (Å²) in [7, 11) is 1.53. The number of hydrogen-bond acceptors (Lipinski definition) is 4. The zero-order valence-corrected chi connectivity index (χ0v) is 13.7. The number of amides is 1. The number of rotatable bonds is 6. The Bertz CT molecular complexity index is 877. The zero-order valence-electron chi connectivity index (χ0n) is 13.7. The van der Waals surface area contributed by atoms with Crippen molar-refractivity contribution in [2.24, 2.45) is 0 Å². The lowest BCUT2D eigenvalue weighted by Crippen LogP contribution is -2.11. The number of furan rings is 1. The summed E-state index contributed by atoms with van der Waals surface area (Å²) in [6.07, 6.45) is 2.70. The van der Waals surface area contributed by atoms with Crippen LogP contribution in [-0.4, -0.2) is 19.6 Å². The summed E-state index contributed by atoms with van der Waals surface area (Å²) in [5.41, 5.74) is 1.84. The fourth-order valence-electron chi connectivity index (χ4n) is 2.40. The number of ether oxygens (including phenoxy) is 2. The molecule has 1 heterocycles.